The maximum Gasteiger partial charge on any atom is 0.0847 e. The Kier molecular flexibility index (Phi) is 4.87. The van der Waals surface area contributed by atoms with Gasteiger partial charge in [0.15, 0.2) is 0 Å². The van der Waals surface area contributed by atoms with Gasteiger partial charge < -0.3 is 10.1 Å². The molecule has 1 fully saturated rings. The topological polar surface area (TPSA) is 39.1 Å². The van der Waals surface area contributed by atoms with Crippen molar-refractivity contribution in [2.45, 2.75) is 33.1 Å². The van der Waals surface area contributed by atoms with Gasteiger partial charge in [0.2, 0.25) is 0 Å². The van der Waals surface area contributed by atoms with Crippen molar-refractivity contribution in [3.63, 3.8) is 0 Å². The summed E-state index contributed by atoms with van der Waals surface area (Å²) in [5.41, 5.74) is 2.32. The van der Waals surface area contributed by atoms with E-state index in [1.165, 1.54) is 0 Å². The van der Waals surface area contributed by atoms with Crippen molar-refractivity contribution in [1.82, 2.24) is 15.1 Å². The molecule has 4 nitrogen and oxygen atoms in total. The average Bonchev–Trinajstić information content (AvgIpc) is 2.64. The second-order valence-electron chi connectivity index (χ2n) is 5.54. The molecule has 0 unspecified atom stereocenters. The summed E-state index contributed by atoms with van der Waals surface area (Å²) in [5, 5.41) is 8.74. The number of ether oxygens (including phenoxy) is 1. The summed E-state index contributed by atoms with van der Waals surface area (Å²) in [6.45, 7) is 7.83. The lowest BCUT2D eigenvalue weighted by Gasteiger charge is -2.37. The van der Waals surface area contributed by atoms with Crippen LogP contribution in [0.1, 0.15) is 31.2 Å². The SMILES string of the molecule is CCNCC1(Cc2c(Cl)c(C)nn2C)CCOCC1. The third-order valence-corrected chi connectivity index (χ3v) is 4.60. The molecule has 0 atom stereocenters. The van der Waals surface area contributed by atoms with Crippen LogP contribution in [0.4, 0.5) is 0 Å². The molecule has 2 heterocycles. The van der Waals surface area contributed by atoms with Crippen LogP contribution >= 0.6 is 11.6 Å². The molecule has 0 amide bonds. The van der Waals surface area contributed by atoms with E-state index in [1.54, 1.807) is 0 Å². The molecule has 19 heavy (non-hydrogen) atoms. The Bertz CT molecular complexity index is 425. The van der Waals surface area contributed by atoms with E-state index in [0.717, 1.165) is 62.0 Å². The first kappa shape index (κ1) is 14.8. The molecule has 0 aromatic carbocycles. The number of hydrogen-bond donors (Lipinski definition) is 1. The largest absolute Gasteiger partial charge is 0.381 e. The Morgan fingerprint density at radius 3 is 2.63 bits per heavy atom. The first-order valence-electron chi connectivity index (χ1n) is 7.04. The minimum absolute atomic E-state index is 0.248. The molecule has 0 bridgehead atoms. The van der Waals surface area contributed by atoms with Gasteiger partial charge in [-0.1, -0.05) is 18.5 Å². The first-order chi connectivity index (χ1) is 9.08. The van der Waals surface area contributed by atoms with Gasteiger partial charge in [-0.3, -0.25) is 4.68 Å². The monoisotopic (exact) mass is 285 g/mol. The summed E-state index contributed by atoms with van der Waals surface area (Å²) in [4.78, 5) is 0. The molecule has 0 radical (unpaired) electrons. The van der Waals surface area contributed by atoms with E-state index in [2.05, 4.69) is 17.3 Å². The van der Waals surface area contributed by atoms with Crippen molar-refractivity contribution in [3.8, 4) is 0 Å². The van der Waals surface area contributed by atoms with Crippen LogP contribution in [0.15, 0.2) is 0 Å². The highest BCUT2D eigenvalue weighted by Gasteiger charge is 2.34. The van der Waals surface area contributed by atoms with Gasteiger partial charge in [0.25, 0.3) is 0 Å². The van der Waals surface area contributed by atoms with E-state index in [4.69, 9.17) is 16.3 Å². The average molecular weight is 286 g/mol. The zero-order chi connectivity index (χ0) is 13.9. The van der Waals surface area contributed by atoms with E-state index in [1.807, 2.05) is 18.7 Å². The van der Waals surface area contributed by atoms with Crippen LogP contribution in [0.25, 0.3) is 0 Å². The number of nitrogens with one attached hydrogen (secondary N) is 1. The molecule has 1 aromatic rings. The Morgan fingerprint density at radius 2 is 2.11 bits per heavy atom. The Morgan fingerprint density at radius 1 is 1.42 bits per heavy atom. The van der Waals surface area contributed by atoms with E-state index in [9.17, 15) is 0 Å². The second-order valence-corrected chi connectivity index (χ2v) is 5.92. The van der Waals surface area contributed by atoms with E-state index >= 15 is 0 Å². The lowest BCUT2D eigenvalue weighted by molar-refractivity contribution is 0.0143. The molecule has 1 N–H and O–H groups in total. The van der Waals surface area contributed by atoms with Gasteiger partial charge in [-0.25, -0.2) is 0 Å². The van der Waals surface area contributed by atoms with Gasteiger partial charge in [0.1, 0.15) is 0 Å². The molecule has 1 saturated heterocycles. The van der Waals surface area contributed by atoms with Gasteiger partial charge >= 0.3 is 0 Å². The molecule has 0 aliphatic carbocycles. The highest BCUT2D eigenvalue weighted by Crippen LogP contribution is 2.36. The fraction of sp³-hybridized carbons (Fsp3) is 0.786. The van der Waals surface area contributed by atoms with Gasteiger partial charge in [-0.05, 0) is 38.1 Å². The molecular weight excluding hydrogens is 262 g/mol. The highest BCUT2D eigenvalue weighted by atomic mass is 35.5. The molecule has 0 spiro atoms. The minimum Gasteiger partial charge on any atom is -0.381 e. The molecule has 1 aliphatic heterocycles. The number of hydrogen-bond acceptors (Lipinski definition) is 3. The third kappa shape index (κ3) is 3.30. The van der Waals surface area contributed by atoms with Crippen molar-refractivity contribution >= 4 is 11.6 Å². The normalized spacial score (nSPS) is 18.7. The summed E-state index contributed by atoms with van der Waals surface area (Å²) in [7, 11) is 1.98. The zero-order valence-electron chi connectivity index (χ0n) is 12.1. The van der Waals surface area contributed by atoms with Crippen molar-refractivity contribution < 1.29 is 4.74 Å². The van der Waals surface area contributed by atoms with Crippen LogP contribution in [0.3, 0.4) is 0 Å². The Labute approximate surface area is 120 Å². The predicted molar refractivity (Wildman–Crippen MR) is 77.7 cm³/mol. The van der Waals surface area contributed by atoms with Gasteiger partial charge in [0.05, 0.1) is 16.4 Å². The molecule has 1 aromatic heterocycles. The highest BCUT2D eigenvalue weighted by molar-refractivity contribution is 6.31. The number of nitrogens with zero attached hydrogens (tertiary/aromatic N) is 2. The zero-order valence-corrected chi connectivity index (χ0v) is 12.9. The van der Waals surface area contributed by atoms with Crippen LogP contribution < -0.4 is 5.32 Å². The molecule has 1 aliphatic rings. The molecule has 108 valence electrons. The van der Waals surface area contributed by atoms with Gasteiger partial charge in [-0.15, -0.1) is 0 Å². The summed E-state index contributed by atoms with van der Waals surface area (Å²) >= 11 is 6.39. The van der Waals surface area contributed by atoms with Crippen molar-refractivity contribution in [1.29, 1.82) is 0 Å². The molecule has 0 saturated carbocycles. The van der Waals surface area contributed by atoms with Crippen LogP contribution in [0.5, 0.6) is 0 Å². The Hall–Kier alpha value is -0.580. The molecule has 5 heteroatoms. The fourth-order valence-electron chi connectivity index (χ4n) is 2.84. The first-order valence-corrected chi connectivity index (χ1v) is 7.42. The van der Waals surface area contributed by atoms with E-state index < -0.39 is 0 Å². The number of halogens is 1. The number of rotatable bonds is 5. The maximum absolute atomic E-state index is 6.39. The fourth-order valence-corrected chi connectivity index (χ4v) is 3.06. The van der Waals surface area contributed by atoms with Crippen LogP contribution in [-0.2, 0) is 18.2 Å². The lowest BCUT2D eigenvalue weighted by Crippen LogP contribution is -2.41. The Balaban J connectivity index is 2.19. The smallest absolute Gasteiger partial charge is 0.0847 e. The minimum atomic E-state index is 0.248. The van der Waals surface area contributed by atoms with Crippen molar-refractivity contribution in [2.75, 3.05) is 26.3 Å². The third-order valence-electron chi connectivity index (χ3n) is 4.11. The summed E-state index contributed by atoms with van der Waals surface area (Å²) in [6, 6.07) is 0. The molecule has 2 rings (SSSR count). The van der Waals surface area contributed by atoms with E-state index in [0.29, 0.717) is 0 Å². The van der Waals surface area contributed by atoms with Gasteiger partial charge in [-0.2, -0.15) is 5.10 Å². The van der Waals surface area contributed by atoms with Crippen LogP contribution in [0.2, 0.25) is 5.02 Å². The number of aryl methyl sites for hydroxylation is 2. The van der Waals surface area contributed by atoms with Crippen molar-refractivity contribution in [2.24, 2.45) is 12.5 Å². The summed E-state index contributed by atoms with van der Waals surface area (Å²) < 4.78 is 7.46. The number of aromatic nitrogens is 2. The maximum atomic E-state index is 6.39. The van der Waals surface area contributed by atoms with Gasteiger partial charge in [0, 0.05) is 26.8 Å². The summed E-state index contributed by atoms with van der Waals surface area (Å²) in [5.74, 6) is 0. The second kappa shape index (κ2) is 6.25. The van der Waals surface area contributed by atoms with Crippen molar-refractivity contribution in [3.05, 3.63) is 16.4 Å². The van der Waals surface area contributed by atoms with E-state index in [-0.39, 0.29) is 5.41 Å². The predicted octanol–water partition coefficient (Wildman–Crippen LogP) is 2.33. The standard InChI is InChI=1S/C14H24ClN3O/c1-4-16-10-14(5-7-19-8-6-14)9-12-13(15)11(2)17-18(12)3/h16H,4-10H2,1-3H3. The summed E-state index contributed by atoms with van der Waals surface area (Å²) in [6.07, 6.45) is 3.14. The lowest BCUT2D eigenvalue weighted by atomic mass is 9.76. The van der Waals surface area contributed by atoms with Crippen LogP contribution in [-0.4, -0.2) is 36.1 Å². The van der Waals surface area contributed by atoms with Crippen LogP contribution in [0, 0.1) is 12.3 Å². The quantitative estimate of drug-likeness (QED) is 0.902. The molecular formula is C14H24ClN3O.